The predicted molar refractivity (Wildman–Crippen MR) is 74.9 cm³/mol. The summed E-state index contributed by atoms with van der Waals surface area (Å²) in [5.41, 5.74) is -0.0704. The molecule has 1 amide bonds. The zero-order chi connectivity index (χ0) is 14.7. The summed E-state index contributed by atoms with van der Waals surface area (Å²) >= 11 is 0. The molecule has 1 fully saturated rings. The average Bonchev–Trinajstić information content (AvgIpc) is 2.95. The Balaban J connectivity index is 2.47. The lowest BCUT2D eigenvalue weighted by Crippen LogP contribution is -2.37. The van der Waals surface area contributed by atoms with Gasteiger partial charge in [-0.3, -0.25) is 4.79 Å². The van der Waals surface area contributed by atoms with E-state index in [1.54, 1.807) is 18.9 Å². The van der Waals surface area contributed by atoms with Crippen LogP contribution in [-0.4, -0.2) is 43.9 Å². The summed E-state index contributed by atoms with van der Waals surface area (Å²) in [5, 5.41) is 0. The number of hydrogen-bond acceptors (Lipinski definition) is 3. The zero-order valence-corrected chi connectivity index (χ0v) is 12.9. The number of rotatable bonds is 8. The molecule has 0 aromatic heterocycles. The lowest BCUT2D eigenvalue weighted by molar-refractivity contribution is -0.133. The Morgan fingerprint density at radius 1 is 1.26 bits per heavy atom. The maximum Gasteiger partial charge on any atom is 0.222 e. The van der Waals surface area contributed by atoms with E-state index in [0.717, 1.165) is 26.0 Å². The SMILES string of the molecule is COCC1(CN(C)C(=O)CC(C)(C)CC(C)=O)CC1. The molecule has 0 aromatic rings. The summed E-state index contributed by atoms with van der Waals surface area (Å²) in [6.07, 6.45) is 3.15. The molecule has 0 atom stereocenters. The van der Waals surface area contributed by atoms with Crippen LogP contribution in [0.4, 0.5) is 0 Å². The first kappa shape index (κ1) is 16.2. The third-order valence-corrected chi connectivity index (χ3v) is 3.76. The van der Waals surface area contributed by atoms with Crippen molar-refractivity contribution >= 4 is 11.7 Å². The van der Waals surface area contributed by atoms with E-state index >= 15 is 0 Å². The van der Waals surface area contributed by atoms with Crippen LogP contribution in [0.3, 0.4) is 0 Å². The van der Waals surface area contributed by atoms with Crippen LogP contribution >= 0.6 is 0 Å². The van der Waals surface area contributed by atoms with E-state index in [-0.39, 0.29) is 22.5 Å². The van der Waals surface area contributed by atoms with Gasteiger partial charge in [-0.05, 0) is 25.2 Å². The van der Waals surface area contributed by atoms with E-state index in [1.165, 1.54) is 0 Å². The molecule has 110 valence electrons. The van der Waals surface area contributed by atoms with Crippen LogP contribution < -0.4 is 0 Å². The lowest BCUT2D eigenvalue weighted by Gasteiger charge is -2.28. The van der Waals surface area contributed by atoms with Crippen molar-refractivity contribution in [3.05, 3.63) is 0 Å². The van der Waals surface area contributed by atoms with E-state index in [2.05, 4.69) is 0 Å². The molecule has 1 saturated carbocycles. The van der Waals surface area contributed by atoms with Crippen molar-refractivity contribution in [2.75, 3.05) is 27.3 Å². The van der Waals surface area contributed by atoms with Gasteiger partial charge in [0.15, 0.2) is 0 Å². The number of carbonyl (C=O) groups is 2. The van der Waals surface area contributed by atoms with E-state index in [4.69, 9.17) is 4.74 Å². The topological polar surface area (TPSA) is 46.6 Å². The summed E-state index contributed by atoms with van der Waals surface area (Å²) in [6, 6.07) is 0. The number of nitrogens with zero attached hydrogens (tertiary/aromatic N) is 1. The highest BCUT2D eigenvalue weighted by Gasteiger charge is 2.44. The molecule has 1 aliphatic carbocycles. The van der Waals surface area contributed by atoms with Crippen molar-refractivity contribution < 1.29 is 14.3 Å². The highest BCUT2D eigenvalue weighted by molar-refractivity contribution is 5.80. The van der Waals surface area contributed by atoms with Crippen LogP contribution in [0.25, 0.3) is 0 Å². The van der Waals surface area contributed by atoms with Crippen molar-refractivity contribution in [2.45, 2.75) is 46.5 Å². The highest BCUT2D eigenvalue weighted by Crippen LogP contribution is 2.46. The molecule has 0 unspecified atom stereocenters. The van der Waals surface area contributed by atoms with Crippen LogP contribution in [0.15, 0.2) is 0 Å². The van der Waals surface area contributed by atoms with E-state index in [0.29, 0.717) is 12.8 Å². The van der Waals surface area contributed by atoms with Gasteiger partial charge in [0, 0.05) is 39.0 Å². The number of Topliss-reactive ketones (excluding diaryl/α,β-unsaturated/α-hetero) is 1. The Hall–Kier alpha value is -0.900. The molecule has 19 heavy (non-hydrogen) atoms. The molecule has 0 N–H and O–H groups in total. The summed E-state index contributed by atoms with van der Waals surface area (Å²) in [4.78, 5) is 25.2. The Morgan fingerprint density at radius 3 is 2.26 bits per heavy atom. The van der Waals surface area contributed by atoms with Gasteiger partial charge in [0.05, 0.1) is 6.61 Å². The summed E-state index contributed by atoms with van der Waals surface area (Å²) in [6.45, 7) is 7.01. The Bertz CT molecular complexity index is 345. The second-order valence-electron chi connectivity index (χ2n) is 6.90. The second kappa shape index (κ2) is 6.04. The number of carbonyl (C=O) groups excluding carboxylic acids is 2. The molecule has 4 heteroatoms. The molecule has 1 aliphatic rings. The van der Waals surface area contributed by atoms with E-state index in [9.17, 15) is 9.59 Å². The van der Waals surface area contributed by atoms with Gasteiger partial charge in [0.25, 0.3) is 0 Å². The normalized spacial score (nSPS) is 17.1. The minimum atomic E-state index is -0.255. The quantitative estimate of drug-likeness (QED) is 0.679. The van der Waals surface area contributed by atoms with Crippen LogP contribution in [0.5, 0.6) is 0 Å². The zero-order valence-electron chi connectivity index (χ0n) is 12.9. The minimum Gasteiger partial charge on any atom is -0.384 e. The first-order valence-corrected chi connectivity index (χ1v) is 6.92. The van der Waals surface area contributed by atoms with Crippen molar-refractivity contribution in [3.8, 4) is 0 Å². The van der Waals surface area contributed by atoms with Crippen LogP contribution in [0.1, 0.15) is 46.5 Å². The van der Waals surface area contributed by atoms with Crippen molar-refractivity contribution in [2.24, 2.45) is 10.8 Å². The van der Waals surface area contributed by atoms with Crippen LogP contribution in [0.2, 0.25) is 0 Å². The van der Waals surface area contributed by atoms with Crippen molar-refractivity contribution in [1.29, 1.82) is 0 Å². The predicted octanol–water partition coefficient (Wildman–Crippen LogP) is 2.27. The maximum atomic E-state index is 12.2. The Morgan fingerprint density at radius 2 is 1.84 bits per heavy atom. The summed E-state index contributed by atoms with van der Waals surface area (Å²) < 4.78 is 5.22. The lowest BCUT2D eigenvalue weighted by atomic mass is 9.83. The maximum absolute atomic E-state index is 12.2. The van der Waals surface area contributed by atoms with Gasteiger partial charge in [-0.15, -0.1) is 0 Å². The van der Waals surface area contributed by atoms with Crippen molar-refractivity contribution in [3.63, 3.8) is 0 Å². The fourth-order valence-electron chi connectivity index (χ4n) is 2.70. The second-order valence-corrected chi connectivity index (χ2v) is 6.90. The van der Waals surface area contributed by atoms with Crippen molar-refractivity contribution in [1.82, 2.24) is 4.90 Å². The summed E-state index contributed by atoms with van der Waals surface area (Å²) in [5.74, 6) is 0.257. The molecule has 0 aromatic carbocycles. The minimum absolute atomic E-state index is 0.119. The number of ether oxygens (including phenoxy) is 1. The van der Waals surface area contributed by atoms with Gasteiger partial charge in [-0.2, -0.15) is 0 Å². The third kappa shape index (κ3) is 5.31. The monoisotopic (exact) mass is 269 g/mol. The van der Waals surface area contributed by atoms with Gasteiger partial charge < -0.3 is 14.4 Å². The first-order chi connectivity index (χ1) is 8.70. The average molecular weight is 269 g/mol. The number of amides is 1. The number of hydrogen-bond donors (Lipinski definition) is 0. The number of ketones is 1. The first-order valence-electron chi connectivity index (χ1n) is 6.92. The van der Waals surface area contributed by atoms with Crippen LogP contribution in [0, 0.1) is 10.8 Å². The van der Waals surface area contributed by atoms with Gasteiger partial charge in [-0.1, -0.05) is 13.8 Å². The van der Waals surface area contributed by atoms with E-state index < -0.39 is 0 Å². The Labute approximate surface area is 116 Å². The Kier molecular flexibility index (Phi) is 5.13. The highest BCUT2D eigenvalue weighted by atomic mass is 16.5. The summed E-state index contributed by atoms with van der Waals surface area (Å²) in [7, 11) is 3.56. The third-order valence-electron chi connectivity index (χ3n) is 3.76. The van der Waals surface area contributed by atoms with Gasteiger partial charge in [-0.25, -0.2) is 0 Å². The van der Waals surface area contributed by atoms with Gasteiger partial charge in [0.2, 0.25) is 5.91 Å². The largest absolute Gasteiger partial charge is 0.384 e. The molecular formula is C15H27NO3. The molecule has 0 spiro atoms. The fourth-order valence-corrected chi connectivity index (χ4v) is 2.70. The molecule has 0 aliphatic heterocycles. The molecule has 0 heterocycles. The fraction of sp³-hybridized carbons (Fsp3) is 0.867. The standard InChI is InChI=1S/C15H27NO3/c1-12(17)8-14(2,3)9-13(18)16(4)10-15(6-7-15)11-19-5/h6-11H2,1-5H3. The molecule has 0 radical (unpaired) electrons. The molecular weight excluding hydrogens is 242 g/mol. The number of methoxy groups -OCH3 is 1. The van der Waals surface area contributed by atoms with Gasteiger partial charge in [0.1, 0.15) is 5.78 Å². The van der Waals surface area contributed by atoms with Crippen LogP contribution in [-0.2, 0) is 14.3 Å². The van der Waals surface area contributed by atoms with E-state index in [1.807, 2.05) is 20.9 Å². The molecule has 4 nitrogen and oxygen atoms in total. The molecule has 1 rings (SSSR count). The molecule has 0 bridgehead atoms. The van der Waals surface area contributed by atoms with Gasteiger partial charge >= 0.3 is 0 Å². The molecule has 0 saturated heterocycles. The smallest absolute Gasteiger partial charge is 0.222 e.